The van der Waals surface area contributed by atoms with E-state index in [2.05, 4.69) is 10.5 Å². The number of nitrogens with one attached hydrogen (secondary N) is 1. The molecule has 0 saturated carbocycles. The van der Waals surface area contributed by atoms with Gasteiger partial charge in [-0.15, -0.1) is 0 Å². The van der Waals surface area contributed by atoms with E-state index in [1.54, 1.807) is 24.3 Å². The predicted octanol–water partition coefficient (Wildman–Crippen LogP) is 4.26. The predicted molar refractivity (Wildman–Crippen MR) is 80.6 cm³/mol. The molecule has 0 atom stereocenters. The minimum absolute atomic E-state index is 0.00359. The van der Waals surface area contributed by atoms with Gasteiger partial charge in [-0.3, -0.25) is 15.5 Å². The number of nitro benzene ring substituents is 1. The molecule has 20 heavy (non-hydrogen) atoms. The molecule has 5 nitrogen and oxygen atoms in total. The fourth-order valence-corrected chi connectivity index (χ4v) is 1.72. The second kappa shape index (κ2) is 6.36. The van der Waals surface area contributed by atoms with E-state index in [4.69, 9.17) is 23.2 Å². The Hall–Kier alpha value is -2.11. The van der Waals surface area contributed by atoms with Crippen LogP contribution in [-0.4, -0.2) is 10.1 Å². The summed E-state index contributed by atoms with van der Waals surface area (Å²) in [5, 5.41) is 15.4. The number of nitro groups is 1. The highest BCUT2D eigenvalue weighted by Crippen LogP contribution is 2.16. The van der Waals surface area contributed by atoms with Crippen LogP contribution in [0.4, 0.5) is 11.4 Å². The Balaban J connectivity index is 2.09. The Labute approximate surface area is 125 Å². The number of benzene rings is 2. The Morgan fingerprint density at radius 3 is 2.25 bits per heavy atom. The minimum atomic E-state index is -0.471. The molecular weight excluding hydrogens is 301 g/mol. The molecule has 2 rings (SSSR count). The molecule has 0 fully saturated rings. The van der Waals surface area contributed by atoms with E-state index in [-0.39, 0.29) is 10.9 Å². The van der Waals surface area contributed by atoms with Crippen molar-refractivity contribution in [3.8, 4) is 0 Å². The van der Waals surface area contributed by atoms with Crippen LogP contribution >= 0.6 is 23.2 Å². The summed E-state index contributed by atoms with van der Waals surface area (Å²) < 4.78 is 0. The number of rotatable bonds is 4. The van der Waals surface area contributed by atoms with Gasteiger partial charge in [-0.05, 0) is 36.4 Å². The molecule has 0 unspecified atom stereocenters. The molecule has 0 bridgehead atoms. The number of non-ortho nitro benzene ring substituents is 1. The van der Waals surface area contributed by atoms with Gasteiger partial charge in [0.05, 0.1) is 10.6 Å². The second-order valence-corrected chi connectivity index (χ2v) is 4.62. The van der Waals surface area contributed by atoms with Gasteiger partial charge in [0.2, 0.25) is 0 Å². The third-order valence-electron chi connectivity index (χ3n) is 2.44. The first-order valence-electron chi connectivity index (χ1n) is 5.56. The zero-order valence-electron chi connectivity index (χ0n) is 10.1. The van der Waals surface area contributed by atoms with Crippen LogP contribution in [0.3, 0.4) is 0 Å². The molecule has 0 radical (unpaired) electrons. The third-order valence-corrected chi connectivity index (χ3v) is 3.00. The van der Waals surface area contributed by atoms with Gasteiger partial charge in [0, 0.05) is 22.7 Å². The average Bonchev–Trinajstić information content (AvgIpc) is 2.46. The van der Waals surface area contributed by atoms with Crippen LogP contribution in [0.2, 0.25) is 5.02 Å². The van der Waals surface area contributed by atoms with E-state index >= 15 is 0 Å². The molecule has 0 aromatic heterocycles. The van der Waals surface area contributed by atoms with Crippen molar-refractivity contribution in [1.82, 2.24) is 0 Å². The van der Waals surface area contributed by atoms with Crippen molar-refractivity contribution in [2.45, 2.75) is 0 Å². The molecule has 0 heterocycles. The fraction of sp³-hybridized carbons (Fsp3) is 0. The molecular formula is C13H9Cl2N3O2. The first kappa shape index (κ1) is 14.3. The summed E-state index contributed by atoms with van der Waals surface area (Å²) in [5.41, 5.74) is 4.09. The van der Waals surface area contributed by atoms with Crippen LogP contribution in [0, 0.1) is 10.1 Å². The molecule has 0 saturated heterocycles. The molecule has 0 aliphatic heterocycles. The largest absolute Gasteiger partial charge is 0.277 e. The molecule has 102 valence electrons. The third kappa shape index (κ3) is 3.69. The lowest BCUT2D eigenvalue weighted by Gasteiger charge is -2.02. The summed E-state index contributed by atoms with van der Waals surface area (Å²) in [6.45, 7) is 0. The van der Waals surface area contributed by atoms with E-state index in [0.29, 0.717) is 10.6 Å². The normalized spacial score (nSPS) is 11.2. The van der Waals surface area contributed by atoms with Gasteiger partial charge >= 0.3 is 0 Å². The van der Waals surface area contributed by atoms with Crippen molar-refractivity contribution >= 4 is 39.7 Å². The van der Waals surface area contributed by atoms with Crippen LogP contribution in [0.25, 0.3) is 0 Å². The number of halogens is 2. The van der Waals surface area contributed by atoms with Crippen LogP contribution < -0.4 is 5.43 Å². The highest BCUT2D eigenvalue weighted by Gasteiger charge is 2.06. The molecule has 0 spiro atoms. The SMILES string of the molecule is O=[N+]([O-])c1ccc(/C(Cl)=N/Nc2ccc(Cl)cc2)cc1. The molecule has 2 aromatic rings. The van der Waals surface area contributed by atoms with E-state index in [1.807, 2.05) is 0 Å². The maximum Gasteiger partial charge on any atom is 0.269 e. The van der Waals surface area contributed by atoms with Crippen molar-refractivity contribution < 1.29 is 4.92 Å². The van der Waals surface area contributed by atoms with Gasteiger partial charge < -0.3 is 0 Å². The van der Waals surface area contributed by atoms with Gasteiger partial charge in [-0.1, -0.05) is 23.2 Å². The number of hydrogen-bond donors (Lipinski definition) is 1. The molecule has 2 aromatic carbocycles. The average molecular weight is 310 g/mol. The van der Waals surface area contributed by atoms with Crippen molar-refractivity contribution in [2.24, 2.45) is 5.10 Å². The topological polar surface area (TPSA) is 67.5 Å². The maximum absolute atomic E-state index is 10.5. The number of hydrogen-bond acceptors (Lipinski definition) is 4. The standard InChI is InChI=1S/C13H9Cl2N3O2/c14-10-3-5-11(6-4-10)16-17-13(15)9-1-7-12(8-2-9)18(19)20/h1-8,16H/b17-13-. The molecule has 0 aliphatic rings. The number of nitrogens with zero attached hydrogens (tertiary/aromatic N) is 2. The Morgan fingerprint density at radius 1 is 1.10 bits per heavy atom. The first-order chi connectivity index (χ1) is 9.56. The smallest absolute Gasteiger partial charge is 0.269 e. The van der Waals surface area contributed by atoms with Crippen LogP contribution in [0.15, 0.2) is 53.6 Å². The van der Waals surface area contributed by atoms with E-state index in [9.17, 15) is 10.1 Å². The summed E-state index contributed by atoms with van der Waals surface area (Å²) in [5.74, 6) is 0. The molecule has 7 heteroatoms. The van der Waals surface area contributed by atoms with E-state index in [0.717, 1.165) is 5.69 Å². The van der Waals surface area contributed by atoms with E-state index < -0.39 is 4.92 Å². The number of hydrazone groups is 1. The maximum atomic E-state index is 10.5. The quantitative estimate of drug-likeness (QED) is 0.521. The van der Waals surface area contributed by atoms with Crippen molar-refractivity contribution in [2.75, 3.05) is 5.43 Å². The summed E-state index contributed by atoms with van der Waals surface area (Å²) >= 11 is 11.8. The van der Waals surface area contributed by atoms with Crippen LogP contribution in [0.1, 0.15) is 5.56 Å². The van der Waals surface area contributed by atoms with Crippen LogP contribution in [0.5, 0.6) is 0 Å². The Bertz CT molecular complexity index is 640. The molecule has 1 N–H and O–H groups in total. The summed E-state index contributed by atoms with van der Waals surface area (Å²) in [6, 6.07) is 12.8. The van der Waals surface area contributed by atoms with Crippen LogP contribution in [-0.2, 0) is 0 Å². The summed E-state index contributed by atoms with van der Waals surface area (Å²) in [7, 11) is 0. The highest BCUT2D eigenvalue weighted by molar-refractivity contribution is 6.69. The van der Waals surface area contributed by atoms with Gasteiger partial charge in [-0.2, -0.15) is 5.10 Å². The van der Waals surface area contributed by atoms with Gasteiger partial charge in [0.25, 0.3) is 5.69 Å². The van der Waals surface area contributed by atoms with Crippen molar-refractivity contribution in [3.63, 3.8) is 0 Å². The summed E-state index contributed by atoms with van der Waals surface area (Å²) in [6.07, 6.45) is 0. The zero-order valence-corrected chi connectivity index (χ0v) is 11.6. The molecule has 0 aliphatic carbocycles. The lowest BCUT2D eigenvalue weighted by molar-refractivity contribution is -0.384. The molecule has 0 amide bonds. The zero-order chi connectivity index (χ0) is 14.5. The van der Waals surface area contributed by atoms with Gasteiger partial charge in [-0.25, -0.2) is 0 Å². The number of anilines is 1. The lowest BCUT2D eigenvalue weighted by atomic mass is 10.2. The fourth-order valence-electron chi connectivity index (χ4n) is 1.42. The van der Waals surface area contributed by atoms with Crippen molar-refractivity contribution in [3.05, 3.63) is 69.2 Å². The van der Waals surface area contributed by atoms with Gasteiger partial charge in [0.1, 0.15) is 0 Å². The highest BCUT2D eigenvalue weighted by atomic mass is 35.5. The Morgan fingerprint density at radius 2 is 1.70 bits per heavy atom. The van der Waals surface area contributed by atoms with Crippen molar-refractivity contribution in [1.29, 1.82) is 0 Å². The Kier molecular flexibility index (Phi) is 4.55. The second-order valence-electron chi connectivity index (χ2n) is 3.83. The summed E-state index contributed by atoms with van der Waals surface area (Å²) in [4.78, 5) is 10.1. The monoisotopic (exact) mass is 309 g/mol. The minimum Gasteiger partial charge on any atom is -0.277 e. The lowest BCUT2D eigenvalue weighted by Crippen LogP contribution is -1.97. The first-order valence-corrected chi connectivity index (χ1v) is 6.31. The van der Waals surface area contributed by atoms with E-state index in [1.165, 1.54) is 24.3 Å². The van der Waals surface area contributed by atoms with Gasteiger partial charge in [0.15, 0.2) is 5.17 Å².